The summed E-state index contributed by atoms with van der Waals surface area (Å²) >= 11 is 0. The zero-order chi connectivity index (χ0) is 18.3. The maximum absolute atomic E-state index is 13.1. The van der Waals surface area contributed by atoms with Crippen LogP contribution >= 0.6 is 0 Å². The van der Waals surface area contributed by atoms with E-state index in [2.05, 4.69) is 10.2 Å². The lowest BCUT2D eigenvalue weighted by atomic mass is 10.0. The lowest BCUT2D eigenvalue weighted by Gasteiger charge is -2.43. The van der Waals surface area contributed by atoms with Gasteiger partial charge in [0.15, 0.2) is 0 Å². The summed E-state index contributed by atoms with van der Waals surface area (Å²) in [7, 11) is -3.57. The Morgan fingerprint density at radius 2 is 1.92 bits per heavy atom. The number of aryl methyl sites for hydroxylation is 1. The standard InChI is InChI=1S/C16H24N4O5S/c1-11-17-18-15(25-11)14-10-24-7-6-20(14)26(22,23)13-8-19(9-13)16(21)12-4-2-3-5-12/h12-14H,2-10H2,1H3. The van der Waals surface area contributed by atoms with Crippen molar-refractivity contribution < 1.29 is 22.4 Å². The van der Waals surface area contributed by atoms with Crippen molar-refractivity contribution in [3.05, 3.63) is 11.8 Å². The Morgan fingerprint density at radius 1 is 1.19 bits per heavy atom. The van der Waals surface area contributed by atoms with E-state index in [4.69, 9.17) is 9.15 Å². The SMILES string of the molecule is Cc1nnc(C2COCCN2S(=O)(=O)C2CN(C(=O)C3CCCC3)C2)o1. The monoisotopic (exact) mass is 384 g/mol. The lowest BCUT2D eigenvalue weighted by Crippen LogP contribution is -2.62. The highest BCUT2D eigenvalue weighted by Crippen LogP contribution is 2.33. The van der Waals surface area contributed by atoms with E-state index in [0.717, 1.165) is 25.7 Å². The van der Waals surface area contributed by atoms with E-state index in [1.54, 1.807) is 11.8 Å². The Morgan fingerprint density at radius 3 is 2.58 bits per heavy atom. The van der Waals surface area contributed by atoms with Crippen LogP contribution < -0.4 is 0 Å². The van der Waals surface area contributed by atoms with Gasteiger partial charge < -0.3 is 14.1 Å². The van der Waals surface area contributed by atoms with Gasteiger partial charge in [-0.3, -0.25) is 4.79 Å². The fourth-order valence-electron chi connectivity index (χ4n) is 3.96. The highest BCUT2D eigenvalue weighted by molar-refractivity contribution is 7.89. The quantitative estimate of drug-likeness (QED) is 0.743. The maximum atomic E-state index is 13.1. The first-order valence-electron chi connectivity index (χ1n) is 9.14. The summed E-state index contributed by atoms with van der Waals surface area (Å²) in [6.07, 6.45) is 4.03. The number of carbonyl (C=O) groups excluding carboxylic acids is 1. The minimum atomic E-state index is -3.57. The van der Waals surface area contributed by atoms with Gasteiger partial charge in [0.1, 0.15) is 11.3 Å². The second-order valence-electron chi connectivity index (χ2n) is 7.25. The van der Waals surface area contributed by atoms with Crippen molar-refractivity contribution in [3.8, 4) is 0 Å². The number of hydrogen-bond donors (Lipinski definition) is 0. The van der Waals surface area contributed by atoms with Crippen LogP contribution in [0.15, 0.2) is 4.42 Å². The van der Waals surface area contributed by atoms with Gasteiger partial charge in [-0.25, -0.2) is 8.42 Å². The van der Waals surface area contributed by atoms with Gasteiger partial charge in [0.25, 0.3) is 0 Å². The Labute approximate surface area is 152 Å². The second-order valence-corrected chi connectivity index (χ2v) is 9.42. The minimum Gasteiger partial charge on any atom is -0.424 e. The summed E-state index contributed by atoms with van der Waals surface area (Å²) in [6.45, 7) is 2.98. The molecule has 4 rings (SSSR count). The van der Waals surface area contributed by atoms with E-state index in [1.807, 2.05) is 0 Å². The average Bonchev–Trinajstić information content (AvgIpc) is 3.24. The van der Waals surface area contributed by atoms with Gasteiger partial charge in [0, 0.05) is 32.5 Å². The number of aromatic nitrogens is 2. The Bertz CT molecular complexity index is 767. The summed E-state index contributed by atoms with van der Waals surface area (Å²) in [6, 6.07) is -0.602. The largest absolute Gasteiger partial charge is 0.424 e. The van der Waals surface area contributed by atoms with E-state index >= 15 is 0 Å². The molecule has 0 spiro atoms. The first-order valence-corrected chi connectivity index (χ1v) is 10.6. The van der Waals surface area contributed by atoms with Crippen LogP contribution in [0, 0.1) is 12.8 Å². The van der Waals surface area contributed by atoms with Crippen molar-refractivity contribution in [1.29, 1.82) is 0 Å². The summed E-state index contributed by atoms with van der Waals surface area (Å²) in [4.78, 5) is 14.1. The fourth-order valence-corrected chi connectivity index (χ4v) is 5.92. The molecule has 1 saturated carbocycles. The molecule has 10 heteroatoms. The molecule has 1 aliphatic carbocycles. The lowest BCUT2D eigenvalue weighted by molar-refractivity contribution is -0.138. The average molecular weight is 384 g/mol. The Balaban J connectivity index is 1.45. The zero-order valence-corrected chi connectivity index (χ0v) is 15.7. The van der Waals surface area contributed by atoms with Crippen molar-refractivity contribution >= 4 is 15.9 Å². The number of likely N-dealkylation sites (tertiary alicyclic amines) is 1. The molecule has 0 N–H and O–H groups in total. The normalized spacial score (nSPS) is 26.2. The number of amides is 1. The molecule has 1 atom stereocenters. The molecule has 3 heterocycles. The van der Waals surface area contributed by atoms with Crippen LogP contribution in [0.2, 0.25) is 0 Å². The zero-order valence-electron chi connectivity index (χ0n) is 14.8. The predicted octanol–water partition coefficient (Wildman–Crippen LogP) is 0.482. The van der Waals surface area contributed by atoms with E-state index < -0.39 is 21.3 Å². The van der Waals surface area contributed by atoms with Crippen LogP contribution in [-0.2, 0) is 19.6 Å². The summed E-state index contributed by atoms with van der Waals surface area (Å²) in [5.74, 6) is 0.833. The number of rotatable bonds is 4. The van der Waals surface area contributed by atoms with Crippen molar-refractivity contribution in [2.75, 3.05) is 32.8 Å². The highest BCUT2D eigenvalue weighted by Gasteiger charge is 2.47. The molecule has 0 radical (unpaired) electrons. The highest BCUT2D eigenvalue weighted by atomic mass is 32.2. The van der Waals surface area contributed by atoms with E-state index in [9.17, 15) is 13.2 Å². The molecule has 1 unspecified atom stereocenters. The van der Waals surface area contributed by atoms with Crippen LogP contribution in [0.5, 0.6) is 0 Å². The molecule has 144 valence electrons. The molecule has 2 aliphatic heterocycles. The van der Waals surface area contributed by atoms with Crippen molar-refractivity contribution in [3.63, 3.8) is 0 Å². The van der Waals surface area contributed by atoms with Gasteiger partial charge in [0.05, 0.1) is 13.2 Å². The predicted molar refractivity (Wildman–Crippen MR) is 90.5 cm³/mol. The second kappa shape index (κ2) is 6.90. The molecule has 3 fully saturated rings. The van der Waals surface area contributed by atoms with E-state index in [-0.39, 0.29) is 44.0 Å². The molecule has 2 saturated heterocycles. The first kappa shape index (κ1) is 17.9. The molecule has 1 aromatic rings. The van der Waals surface area contributed by atoms with Crippen LogP contribution in [0.4, 0.5) is 0 Å². The topological polar surface area (TPSA) is 106 Å². The number of morpholine rings is 1. The van der Waals surface area contributed by atoms with Gasteiger partial charge in [-0.15, -0.1) is 10.2 Å². The molecular formula is C16H24N4O5S. The smallest absolute Gasteiger partial charge is 0.237 e. The van der Waals surface area contributed by atoms with Crippen molar-refractivity contribution in [1.82, 2.24) is 19.4 Å². The number of hydrogen-bond acceptors (Lipinski definition) is 7. The van der Waals surface area contributed by atoms with Crippen LogP contribution in [0.25, 0.3) is 0 Å². The maximum Gasteiger partial charge on any atom is 0.237 e. The van der Waals surface area contributed by atoms with Crippen molar-refractivity contribution in [2.45, 2.75) is 43.9 Å². The number of sulfonamides is 1. The van der Waals surface area contributed by atoms with Gasteiger partial charge >= 0.3 is 0 Å². The van der Waals surface area contributed by atoms with Gasteiger partial charge in [-0.05, 0) is 12.8 Å². The van der Waals surface area contributed by atoms with Crippen molar-refractivity contribution in [2.24, 2.45) is 5.92 Å². The Hall–Kier alpha value is -1.52. The molecule has 3 aliphatic rings. The van der Waals surface area contributed by atoms with Crippen LogP contribution in [0.1, 0.15) is 43.5 Å². The molecule has 26 heavy (non-hydrogen) atoms. The van der Waals surface area contributed by atoms with Gasteiger partial charge in [-0.1, -0.05) is 12.8 Å². The molecule has 1 aromatic heterocycles. The number of nitrogens with zero attached hydrogens (tertiary/aromatic N) is 4. The molecular weight excluding hydrogens is 360 g/mol. The minimum absolute atomic E-state index is 0.0798. The van der Waals surface area contributed by atoms with E-state index in [0.29, 0.717) is 12.5 Å². The molecule has 9 nitrogen and oxygen atoms in total. The third-order valence-electron chi connectivity index (χ3n) is 5.52. The number of ether oxygens (including phenoxy) is 1. The molecule has 0 bridgehead atoms. The summed E-state index contributed by atoms with van der Waals surface area (Å²) in [5, 5.41) is 7.18. The van der Waals surface area contributed by atoms with Gasteiger partial charge in [-0.2, -0.15) is 4.31 Å². The summed E-state index contributed by atoms with van der Waals surface area (Å²) in [5.41, 5.74) is 0. The third-order valence-corrected chi connectivity index (χ3v) is 7.75. The van der Waals surface area contributed by atoms with Crippen LogP contribution in [0.3, 0.4) is 0 Å². The first-order chi connectivity index (χ1) is 12.5. The molecule has 0 aromatic carbocycles. The fraction of sp³-hybridized carbons (Fsp3) is 0.812. The van der Waals surface area contributed by atoms with Crippen LogP contribution in [-0.4, -0.2) is 71.8 Å². The third kappa shape index (κ3) is 3.14. The Kier molecular flexibility index (Phi) is 4.74. The molecule has 1 amide bonds. The summed E-state index contributed by atoms with van der Waals surface area (Å²) < 4.78 is 38.5. The van der Waals surface area contributed by atoms with Gasteiger partial charge in [0.2, 0.25) is 27.7 Å². The number of carbonyl (C=O) groups is 1. The van der Waals surface area contributed by atoms with E-state index in [1.165, 1.54) is 4.31 Å².